The van der Waals surface area contributed by atoms with Gasteiger partial charge in [0.05, 0.1) is 12.3 Å². The Morgan fingerprint density at radius 2 is 2.24 bits per heavy atom. The molecule has 0 bridgehead atoms. The van der Waals surface area contributed by atoms with Crippen molar-refractivity contribution in [2.45, 2.75) is 30.1 Å². The van der Waals surface area contributed by atoms with Crippen LogP contribution in [-0.4, -0.2) is 55.7 Å². The number of nitrogens with one attached hydrogen (secondary N) is 1. The molecule has 1 unspecified atom stereocenters. The summed E-state index contributed by atoms with van der Waals surface area (Å²) in [4.78, 5) is 6.19. The van der Waals surface area contributed by atoms with Crippen molar-refractivity contribution in [3.63, 3.8) is 0 Å². The molecule has 1 aliphatic heterocycles. The Kier molecular flexibility index (Phi) is 5.55. The standard InChI is InChI=1S/C12H22N4O3S2/c1-9-2-4-16(5-3-9)8-10(17)6-14-12-15-7-11(20-12)21(13,18)19/h7,9-10,17H,2-6,8H2,1H3,(H,14,15)(H2,13,18,19). The van der Waals surface area contributed by atoms with Crippen molar-refractivity contribution in [2.75, 3.05) is 31.5 Å². The molecule has 120 valence electrons. The SMILES string of the molecule is CC1CCN(CC(O)CNc2ncc(S(N)(=O)=O)s2)CC1. The number of rotatable bonds is 6. The molecule has 2 rings (SSSR count). The maximum Gasteiger partial charge on any atom is 0.249 e. The first-order valence-corrected chi connectivity index (χ1v) is 9.34. The Labute approximate surface area is 129 Å². The predicted octanol–water partition coefficient (Wildman–Crippen LogP) is 0.295. The van der Waals surface area contributed by atoms with Gasteiger partial charge in [-0.25, -0.2) is 18.5 Å². The van der Waals surface area contributed by atoms with Crippen molar-refractivity contribution < 1.29 is 13.5 Å². The molecule has 1 aromatic heterocycles. The van der Waals surface area contributed by atoms with E-state index in [1.165, 1.54) is 19.0 Å². The summed E-state index contributed by atoms with van der Waals surface area (Å²) in [5.74, 6) is 0.767. The second-order valence-electron chi connectivity index (χ2n) is 5.55. The minimum atomic E-state index is -3.70. The predicted molar refractivity (Wildman–Crippen MR) is 82.8 cm³/mol. The van der Waals surface area contributed by atoms with Gasteiger partial charge < -0.3 is 15.3 Å². The fourth-order valence-electron chi connectivity index (χ4n) is 2.28. The summed E-state index contributed by atoms with van der Waals surface area (Å²) < 4.78 is 22.3. The minimum Gasteiger partial charge on any atom is -0.390 e. The summed E-state index contributed by atoms with van der Waals surface area (Å²) in [7, 11) is -3.70. The van der Waals surface area contributed by atoms with E-state index in [4.69, 9.17) is 5.14 Å². The van der Waals surface area contributed by atoms with Crippen LogP contribution in [0.5, 0.6) is 0 Å². The van der Waals surface area contributed by atoms with E-state index in [2.05, 4.69) is 22.1 Å². The molecule has 0 radical (unpaired) electrons. The number of nitrogens with two attached hydrogens (primary N) is 1. The number of nitrogens with zero attached hydrogens (tertiary/aromatic N) is 2. The van der Waals surface area contributed by atoms with Crippen LogP contribution in [-0.2, 0) is 10.0 Å². The number of piperidine rings is 1. The van der Waals surface area contributed by atoms with E-state index in [1.807, 2.05) is 0 Å². The summed E-state index contributed by atoms with van der Waals surface area (Å²) in [5.41, 5.74) is 0. The number of hydrogen-bond donors (Lipinski definition) is 3. The Morgan fingerprint density at radius 3 is 2.81 bits per heavy atom. The van der Waals surface area contributed by atoms with Crippen LogP contribution in [0.25, 0.3) is 0 Å². The fraction of sp³-hybridized carbons (Fsp3) is 0.750. The van der Waals surface area contributed by atoms with E-state index >= 15 is 0 Å². The third-order valence-electron chi connectivity index (χ3n) is 3.60. The van der Waals surface area contributed by atoms with Crippen molar-refractivity contribution in [1.29, 1.82) is 0 Å². The van der Waals surface area contributed by atoms with Gasteiger partial charge >= 0.3 is 0 Å². The zero-order valence-corrected chi connectivity index (χ0v) is 13.7. The van der Waals surface area contributed by atoms with Crippen LogP contribution in [0.2, 0.25) is 0 Å². The molecular formula is C12H22N4O3S2. The largest absolute Gasteiger partial charge is 0.390 e. The highest BCUT2D eigenvalue weighted by molar-refractivity contribution is 7.91. The van der Waals surface area contributed by atoms with Gasteiger partial charge in [-0.15, -0.1) is 0 Å². The number of aliphatic hydroxyl groups is 1. The third kappa shape index (κ3) is 5.19. The third-order valence-corrected chi connectivity index (χ3v) is 5.96. The summed E-state index contributed by atoms with van der Waals surface area (Å²) in [6.07, 6.45) is 3.05. The maximum atomic E-state index is 11.1. The fourth-order valence-corrected chi connectivity index (χ4v) is 3.74. The number of likely N-dealkylation sites (tertiary alicyclic amines) is 1. The molecule has 21 heavy (non-hydrogen) atoms. The average molecular weight is 334 g/mol. The number of β-amino-alcohol motifs (C(OH)–C–C–N with tert-alkyl or cyclic N) is 1. The molecule has 4 N–H and O–H groups in total. The van der Waals surface area contributed by atoms with Gasteiger partial charge in [-0.3, -0.25) is 0 Å². The molecule has 0 spiro atoms. The number of hydrogen-bond acceptors (Lipinski definition) is 7. The summed E-state index contributed by atoms with van der Waals surface area (Å²) in [6.45, 7) is 5.24. The Balaban J connectivity index is 1.76. The number of aromatic nitrogens is 1. The highest BCUT2D eigenvalue weighted by Gasteiger charge is 2.18. The first-order chi connectivity index (χ1) is 9.84. The molecule has 0 saturated carbocycles. The van der Waals surface area contributed by atoms with Crippen LogP contribution >= 0.6 is 11.3 Å². The van der Waals surface area contributed by atoms with E-state index < -0.39 is 16.1 Å². The Bertz CT molecular complexity index is 553. The minimum absolute atomic E-state index is 0.0181. The molecule has 1 saturated heterocycles. The molecular weight excluding hydrogens is 312 g/mol. The van der Waals surface area contributed by atoms with Gasteiger partial charge in [-0.1, -0.05) is 18.3 Å². The lowest BCUT2D eigenvalue weighted by Gasteiger charge is -2.31. The van der Waals surface area contributed by atoms with E-state index in [0.29, 0.717) is 18.2 Å². The number of primary sulfonamides is 1. The molecule has 2 heterocycles. The molecule has 0 aromatic carbocycles. The average Bonchev–Trinajstić information content (AvgIpc) is 2.88. The molecule has 1 fully saturated rings. The Morgan fingerprint density at radius 1 is 1.57 bits per heavy atom. The lowest BCUT2D eigenvalue weighted by Crippen LogP contribution is -2.40. The van der Waals surface area contributed by atoms with Crippen molar-refractivity contribution in [3.8, 4) is 0 Å². The van der Waals surface area contributed by atoms with Crippen molar-refractivity contribution in [1.82, 2.24) is 9.88 Å². The van der Waals surface area contributed by atoms with Crippen LogP contribution in [0.4, 0.5) is 5.13 Å². The summed E-state index contributed by atoms with van der Waals surface area (Å²) in [5, 5.41) is 18.4. The second-order valence-corrected chi connectivity index (χ2v) is 8.37. The lowest BCUT2D eigenvalue weighted by molar-refractivity contribution is 0.0990. The molecule has 1 aromatic rings. The number of anilines is 1. The number of aliphatic hydroxyl groups excluding tert-OH is 1. The first-order valence-electron chi connectivity index (χ1n) is 6.97. The quantitative estimate of drug-likeness (QED) is 0.690. The van der Waals surface area contributed by atoms with E-state index in [1.54, 1.807) is 0 Å². The molecule has 0 amide bonds. The number of thiazole rings is 1. The normalized spacial score (nSPS) is 19.6. The van der Waals surface area contributed by atoms with Gasteiger partial charge in [-0.05, 0) is 31.8 Å². The number of sulfonamides is 1. The topological polar surface area (TPSA) is 109 Å². The molecule has 7 nitrogen and oxygen atoms in total. The molecule has 9 heteroatoms. The van der Waals surface area contributed by atoms with Crippen LogP contribution < -0.4 is 10.5 Å². The van der Waals surface area contributed by atoms with Gasteiger partial charge in [0.1, 0.15) is 0 Å². The summed E-state index contributed by atoms with van der Waals surface area (Å²) in [6, 6.07) is 0. The van der Waals surface area contributed by atoms with Crippen molar-refractivity contribution in [2.24, 2.45) is 11.1 Å². The monoisotopic (exact) mass is 334 g/mol. The first kappa shape index (κ1) is 16.6. The van der Waals surface area contributed by atoms with Gasteiger partial charge in [0.15, 0.2) is 9.34 Å². The summed E-state index contributed by atoms with van der Waals surface area (Å²) >= 11 is 0.968. The van der Waals surface area contributed by atoms with Gasteiger partial charge in [0.2, 0.25) is 10.0 Å². The van der Waals surface area contributed by atoms with Crippen molar-refractivity contribution in [3.05, 3.63) is 6.20 Å². The highest BCUT2D eigenvalue weighted by Crippen LogP contribution is 2.21. The van der Waals surface area contributed by atoms with Crippen LogP contribution in [0, 0.1) is 5.92 Å². The lowest BCUT2D eigenvalue weighted by atomic mass is 9.99. The highest BCUT2D eigenvalue weighted by atomic mass is 32.2. The van der Waals surface area contributed by atoms with Crippen LogP contribution in [0.3, 0.4) is 0 Å². The Hall–Kier alpha value is -0.740. The zero-order valence-electron chi connectivity index (χ0n) is 12.0. The molecule has 1 atom stereocenters. The van der Waals surface area contributed by atoms with E-state index in [9.17, 15) is 13.5 Å². The molecule has 1 aliphatic rings. The van der Waals surface area contributed by atoms with Crippen molar-refractivity contribution >= 4 is 26.5 Å². The molecule has 0 aliphatic carbocycles. The van der Waals surface area contributed by atoms with Crippen LogP contribution in [0.1, 0.15) is 19.8 Å². The van der Waals surface area contributed by atoms with E-state index in [0.717, 1.165) is 30.3 Å². The van der Waals surface area contributed by atoms with Gasteiger partial charge in [0.25, 0.3) is 0 Å². The van der Waals surface area contributed by atoms with Gasteiger partial charge in [-0.2, -0.15) is 0 Å². The smallest absolute Gasteiger partial charge is 0.249 e. The maximum absolute atomic E-state index is 11.1. The second kappa shape index (κ2) is 7.01. The van der Waals surface area contributed by atoms with E-state index in [-0.39, 0.29) is 4.21 Å². The van der Waals surface area contributed by atoms with Crippen LogP contribution in [0.15, 0.2) is 10.4 Å². The zero-order chi connectivity index (χ0) is 15.5. The van der Waals surface area contributed by atoms with Gasteiger partial charge in [0, 0.05) is 13.1 Å².